The summed E-state index contributed by atoms with van der Waals surface area (Å²) in [7, 11) is 0. The van der Waals surface area contributed by atoms with Crippen LogP contribution in [0.4, 0.5) is 10.5 Å². The van der Waals surface area contributed by atoms with Crippen molar-refractivity contribution >= 4 is 17.7 Å². The number of amides is 2. The average molecular weight is 478 g/mol. The zero-order valence-electron chi connectivity index (χ0n) is 19.7. The Labute approximate surface area is 205 Å². The van der Waals surface area contributed by atoms with Crippen molar-refractivity contribution in [1.82, 2.24) is 15.1 Å². The lowest BCUT2D eigenvalue weighted by atomic mass is 10.2. The molecule has 9 nitrogen and oxygen atoms in total. The SMILES string of the molecule is C=C(CN1CCNCC1)CN(CCCOc1ccccc1C#N)C(=O)Nc1cccc(C(=O)O)c1. The highest BCUT2D eigenvalue weighted by Gasteiger charge is 2.18. The molecule has 1 heterocycles. The normalized spacial score (nSPS) is 13.5. The Hall–Kier alpha value is -3.87. The van der Waals surface area contributed by atoms with E-state index in [-0.39, 0.29) is 11.6 Å². The molecule has 35 heavy (non-hydrogen) atoms. The molecule has 1 saturated heterocycles. The van der Waals surface area contributed by atoms with Crippen molar-refractivity contribution in [2.24, 2.45) is 0 Å². The van der Waals surface area contributed by atoms with Gasteiger partial charge in [-0.15, -0.1) is 0 Å². The molecule has 0 bridgehead atoms. The largest absolute Gasteiger partial charge is 0.492 e. The number of para-hydroxylation sites is 1. The van der Waals surface area contributed by atoms with Gasteiger partial charge < -0.3 is 25.4 Å². The Balaban J connectivity index is 1.61. The maximum absolute atomic E-state index is 13.1. The van der Waals surface area contributed by atoms with Crippen LogP contribution in [0.3, 0.4) is 0 Å². The van der Waals surface area contributed by atoms with Gasteiger partial charge in [-0.05, 0) is 42.3 Å². The second-order valence-corrected chi connectivity index (χ2v) is 8.32. The Bertz CT molecular complexity index is 1080. The molecule has 0 spiro atoms. The molecule has 0 aliphatic carbocycles. The minimum Gasteiger partial charge on any atom is -0.492 e. The number of hydrogen-bond donors (Lipinski definition) is 3. The van der Waals surface area contributed by atoms with Crippen molar-refractivity contribution in [3.05, 3.63) is 71.8 Å². The number of hydrogen-bond acceptors (Lipinski definition) is 6. The van der Waals surface area contributed by atoms with E-state index in [0.29, 0.717) is 49.7 Å². The highest BCUT2D eigenvalue weighted by atomic mass is 16.5. The van der Waals surface area contributed by atoms with Crippen LogP contribution in [0, 0.1) is 11.3 Å². The van der Waals surface area contributed by atoms with E-state index in [1.54, 1.807) is 41.3 Å². The van der Waals surface area contributed by atoms with E-state index in [1.807, 2.05) is 0 Å². The van der Waals surface area contributed by atoms with Gasteiger partial charge in [0.2, 0.25) is 0 Å². The fraction of sp³-hybridized carbons (Fsp3) is 0.346. The summed E-state index contributed by atoms with van der Waals surface area (Å²) >= 11 is 0. The highest BCUT2D eigenvalue weighted by Crippen LogP contribution is 2.17. The number of aromatic carboxylic acids is 1. The van der Waals surface area contributed by atoms with Crippen LogP contribution in [0.15, 0.2) is 60.7 Å². The number of nitrogens with one attached hydrogen (secondary N) is 2. The van der Waals surface area contributed by atoms with Crippen molar-refractivity contribution in [3.63, 3.8) is 0 Å². The average Bonchev–Trinajstić information content (AvgIpc) is 2.86. The van der Waals surface area contributed by atoms with Crippen molar-refractivity contribution in [3.8, 4) is 11.8 Å². The van der Waals surface area contributed by atoms with E-state index in [2.05, 4.69) is 28.2 Å². The second kappa shape index (κ2) is 13.1. The molecular weight excluding hydrogens is 446 g/mol. The summed E-state index contributed by atoms with van der Waals surface area (Å²) in [5, 5.41) is 24.6. The zero-order chi connectivity index (χ0) is 25.0. The molecule has 2 aromatic rings. The summed E-state index contributed by atoms with van der Waals surface area (Å²) in [6, 6.07) is 14.9. The minimum absolute atomic E-state index is 0.0991. The van der Waals surface area contributed by atoms with Crippen LogP contribution in [0.1, 0.15) is 22.3 Å². The summed E-state index contributed by atoms with van der Waals surface area (Å²) in [6.07, 6.45) is 0.545. The van der Waals surface area contributed by atoms with E-state index >= 15 is 0 Å². The Morgan fingerprint density at radius 1 is 1.20 bits per heavy atom. The van der Waals surface area contributed by atoms with Gasteiger partial charge in [0, 0.05) is 51.5 Å². The molecule has 2 amide bonds. The summed E-state index contributed by atoms with van der Waals surface area (Å²) in [5.74, 6) is -0.545. The van der Waals surface area contributed by atoms with Crippen LogP contribution in [-0.4, -0.2) is 79.3 Å². The van der Waals surface area contributed by atoms with E-state index in [1.165, 1.54) is 12.1 Å². The Morgan fingerprint density at radius 2 is 1.97 bits per heavy atom. The molecule has 3 N–H and O–H groups in total. The maximum Gasteiger partial charge on any atom is 0.335 e. The third kappa shape index (κ3) is 8.14. The monoisotopic (exact) mass is 477 g/mol. The molecule has 0 saturated carbocycles. The molecule has 1 aliphatic heterocycles. The van der Waals surface area contributed by atoms with Gasteiger partial charge in [-0.1, -0.05) is 24.8 Å². The Morgan fingerprint density at radius 3 is 2.71 bits per heavy atom. The number of carboxylic acids is 1. The van der Waals surface area contributed by atoms with Gasteiger partial charge in [0.05, 0.1) is 17.7 Å². The van der Waals surface area contributed by atoms with Crippen molar-refractivity contribution in [1.29, 1.82) is 5.26 Å². The number of carbonyl (C=O) groups is 2. The molecule has 0 aromatic heterocycles. The molecule has 2 aromatic carbocycles. The summed E-state index contributed by atoms with van der Waals surface area (Å²) in [5.41, 5.74) is 1.88. The minimum atomic E-state index is -1.06. The van der Waals surface area contributed by atoms with Gasteiger partial charge in [0.25, 0.3) is 0 Å². The van der Waals surface area contributed by atoms with E-state index in [4.69, 9.17) is 4.74 Å². The van der Waals surface area contributed by atoms with Crippen molar-refractivity contribution in [2.75, 3.05) is 57.7 Å². The number of anilines is 1. The first-order valence-corrected chi connectivity index (χ1v) is 11.6. The number of ether oxygens (including phenoxy) is 1. The first kappa shape index (κ1) is 25.7. The number of rotatable bonds is 11. The lowest BCUT2D eigenvalue weighted by Crippen LogP contribution is -2.45. The number of nitrogens with zero attached hydrogens (tertiary/aromatic N) is 3. The predicted molar refractivity (Wildman–Crippen MR) is 134 cm³/mol. The summed E-state index contributed by atoms with van der Waals surface area (Å²) in [4.78, 5) is 28.3. The van der Waals surface area contributed by atoms with E-state index in [9.17, 15) is 20.0 Å². The third-order valence-electron chi connectivity index (χ3n) is 5.56. The lowest BCUT2D eigenvalue weighted by molar-refractivity contribution is 0.0697. The second-order valence-electron chi connectivity index (χ2n) is 8.32. The van der Waals surface area contributed by atoms with Gasteiger partial charge in [-0.2, -0.15) is 5.26 Å². The van der Waals surface area contributed by atoms with Gasteiger partial charge in [0.1, 0.15) is 11.8 Å². The molecule has 184 valence electrons. The van der Waals surface area contributed by atoms with Gasteiger partial charge >= 0.3 is 12.0 Å². The van der Waals surface area contributed by atoms with Gasteiger partial charge in [0.15, 0.2) is 0 Å². The van der Waals surface area contributed by atoms with Crippen LogP contribution < -0.4 is 15.4 Å². The number of benzene rings is 2. The predicted octanol–water partition coefficient (Wildman–Crippen LogP) is 3.02. The van der Waals surface area contributed by atoms with Gasteiger partial charge in [-0.25, -0.2) is 9.59 Å². The smallest absolute Gasteiger partial charge is 0.335 e. The number of piperazine rings is 1. The van der Waals surface area contributed by atoms with E-state index < -0.39 is 5.97 Å². The first-order valence-electron chi connectivity index (χ1n) is 11.6. The number of nitriles is 1. The van der Waals surface area contributed by atoms with Crippen LogP contribution in [0.5, 0.6) is 5.75 Å². The quantitative estimate of drug-likeness (QED) is 0.336. The number of carboxylic acid groups (broad SMARTS) is 1. The molecule has 3 rings (SSSR count). The molecular formula is C26H31N5O4. The third-order valence-corrected chi connectivity index (χ3v) is 5.56. The zero-order valence-corrected chi connectivity index (χ0v) is 19.7. The van der Waals surface area contributed by atoms with Gasteiger partial charge in [-0.3, -0.25) is 4.90 Å². The van der Waals surface area contributed by atoms with Crippen LogP contribution in [0.2, 0.25) is 0 Å². The topological polar surface area (TPSA) is 118 Å². The van der Waals surface area contributed by atoms with E-state index in [0.717, 1.165) is 31.8 Å². The number of urea groups is 1. The van der Waals surface area contributed by atoms with Crippen molar-refractivity contribution in [2.45, 2.75) is 6.42 Å². The fourth-order valence-corrected chi connectivity index (χ4v) is 3.81. The van der Waals surface area contributed by atoms with Crippen molar-refractivity contribution < 1.29 is 19.4 Å². The molecule has 9 heteroatoms. The standard InChI is InChI=1S/C26H31N5O4/c1-20(18-30-13-10-28-11-14-30)19-31(12-5-15-35-24-9-3-2-6-22(24)17-27)26(34)29-23-8-4-7-21(16-23)25(32)33/h2-4,6-9,16,28H,1,5,10-15,18-19H2,(H,29,34)(H,32,33). The molecule has 0 radical (unpaired) electrons. The first-order chi connectivity index (χ1) is 17.0. The number of carbonyl (C=O) groups excluding carboxylic acids is 1. The molecule has 1 aliphatic rings. The lowest BCUT2D eigenvalue weighted by Gasteiger charge is -2.30. The maximum atomic E-state index is 13.1. The highest BCUT2D eigenvalue weighted by molar-refractivity contribution is 5.93. The van der Waals surface area contributed by atoms with Crippen LogP contribution in [-0.2, 0) is 0 Å². The summed E-state index contributed by atoms with van der Waals surface area (Å²) in [6.45, 7) is 9.71. The molecule has 0 unspecified atom stereocenters. The van der Waals surface area contributed by atoms with Crippen LogP contribution in [0.25, 0.3) is 0 Å². The fourth-order valence-electron chi connectivity index (χ4n) is 3.81. The molecule has 1 fully saturated rings. The Kier molecular flexibility index (Phi) is 9.66. The summed E-state index contributed by atoms with van der Waals surface area (Å²) < 4.78 is 5.76. The van der Waals surface area contributed by atoms with Crippen LogP contribution >= 0.6 is 0 Å². The molecule has 0 atom stereocenters.